The highest BCUT2D eigenvalue weighted by atomic mass is 35.5. The summed E-state index contributed by atoms with van der Waals surface area (Å²) in [5.74, 6) is 0.743. The van der Waals surface area contributed by atoms with Crippen LogP contribution in [-0.2, 0) is 6.42 Å². The molecule has 0 saturated heterocycles. The van der Waals surface area contributed by atoms with E-state index in [0.29, 0.717) is 11.7 Å². The highest BCUT2D eigenvalue weighted by Crippen LogP contribution is 2.36. The summed E-state index contributed by atoms with van der Waals surface area (Å²) in [5.41, 5.74) is 2.98. The van der Waals surface area contributed by atoms with Gasteiger partial charge in [0.1, 0.15) is 5.75 Å². The van der Waals surface area contributed by atoms with Crippen molar-refractivity contribution in [2.75, 3.05) is 0 Å². The van der Waals surface area contributed by atoms with Gasteiger partial charge in [-0.1, -0.05) is 38.8 Å². The summed E-state index contributed by atoms with van der Waals surface area (Å²) in [4.78, 5) is 0. The Balaban J connectivity index is 3.35. The van der Waals surface area contributed by atoms with Gasteiger partial charge in [0, 0.05) is 5.02 Å². The monoisotopic (exact) mass is 226 g/mol. The van der Waals surface area contributed by atoms with Crippen molar-refractivity contribution in [1.82, 2.24) is 0 Å². The molecular weight excluding hydrogens is 208 g/mol. The molecule has 1 N–H and O–H groups in total. The van der Waals surface area contributed by atoms with Crippen LogP contribution in [0.5, 0.6) is 5.75 Å². The van der Waals surface area contributed by atoms with E-state index in [-0.39, 0.29) is 0 Å². The van der Waals surface area contributed by atoms with Crippen LogP contribution in [0.1, 0.15) is 49.8 Å². The van der Waals surface area contributed by atoms with E-state index in [1.165, 1.54) is 0 Å². The van der Waals surface area contributed by atoms with E-state index in [4.69, 9.17) is 11.6 Å². The average molecular weight is 227 g/mol. The van der Waals surface area contributed by atoms with Crippen LogP contribution < -0.4 is 0 Å². The van der Waals surface area contributed by atoms with E-state index in [1.54, 1.807) is 0 Å². The van der Waals surface area contributed by atoms with Crippen molar-refractivity contribution in [2.45, 2.75) is 46.5 Å². The molecule has 0 aromatic heterocycles. The predicted octanol–water partition coefficient (Wildman–Crippen LogP) is 4.43. The van der Waals surface area contributed by atoms with E-state index < -0.39 is 0 Å². The highest BCUT2D eigenvalue weighted by molar-refractivity contribution is 6.31. The fourth-order valence-electron chi connectivity index (χ4n) is 1.81. The Kier molecular flexibility index (Phi) is 4.04. The summed E-state index contributed by atoms with van der Waals surface area (Å²) in [6, 6.07) is 1.88. The van der Waals surface area contributed by atoms with Gasteiger partial charge in [-0.25, -0.2) is 0 Å². The van der Waals surface area contributed by atoms with Gasteiger partial charge in [0.05, 0.1) is 0 Å². The molecule has 0 unspecified atom stereocenters. The molecule has 0 saturated carbocycles. The third kappa shape index (κ3) is 2.46. The first kappa shape index (κ1) is 12.4. The lowest BCUT2D eigenvalue weighted by Crippen LogP contribution is -1.97. The quantitative estimate of drug-likeness (QED) is 0.809. The molecule has 1 rings (SSSR count). The molecule has 0 aliphatic carbocycles. The molecule has 1 aromatic rings. The molecule has 0 spiro atoms. The summed E-state index contributed by atoms with van der Waals surface area (Å²) < 4.78 is 0. The number of hydrogen-bond donors (Lipinski definition) is 1. The Bertz CT molecular complexity index is 356. The lowest BCUT2D eigenvalue weighted by Gasteiger charge is -2.16. The number of phenols is 1. The topological polar surface area (TPSA) is 20.2 Å². The molecular formula is C13H19ClO. The average Bonchev–Trinajstić information content (AvgIpc) is 2.18. The molecule has 0 aliphatic heterocycles. The van der Waals surface area contributed by atoms with Gasteiger partial charge in [0.25, 0.3) is 0 Å². The van der Waals surface area contributed by atoms with Crippen molar-refractivity contribution in [3.05, 3.63) is 27.8 Å². The lowest BCUT2D eigenvalue weighted by molar-refractivity contribution is 0.456. The summed E-state index contributed by atoms with van der Waals surface area (Å²) >= 11 is 6.16. The number of phenolic OH excluding ortho intramolecular Hbond substituents is 1. The summed E-state index contributed by atoms with van der Waals surface area (Å²) in [6.07, 6.45) is 1.91. The zero-order valence-corrected chi connectivity index (χ0v) is 10.7. The van der Waals surface area contributed by atoms with Gasteiger partial charge >= 0.3 is 0 Å². The molecule has 2 heteroatoms. The van der Waals surface area contributed by atoms with Crippen molar-refractivity contribution >= 4 is 11.6 Å². The molecule has 0 bridgehead atoms. The molecule has 0 radical (unpaired) electrons. The standard InChI is InChI=1S/C13H19ClO/c1-5-6-10-9(4)12(14)7-11(8(2)3)13(10)15/h7-8,15H,5-6H2,1-4H3. The number of aromatic hydroxyl groups is 1. The molecule has 0 fully saturated rings. The number of halogens is 1. The smallest absolute Gasteiger partial charge is 0.122 e. The van der Waals surface area contributed by atoms with Crippen LogP contribution >= 0.6 is 11.6 Å². The van der Waals surface area contributed by atoms with Crippen molar-refractivity contribution in [1.29, 1.82) is 0 Å². The summed E-state index contributed by atoms with van der Waals surface area (Å²) in [5, 5.41) is 10.9. The summed E-state index contributed by atoms with van der Waals surface area (Å²) in [7, 11) is 0. The largest absolute Gasteiger partial charge is 0.507 e. The first-order chi connectivity index (χ1) is 6.99. The Hall–Kier alpha value is -0.690. The van der Waals surface area contributed by atoms with E-state index in [1.807, 2.05) is 13.0 Å². The Morgan fingerprint density at radius 3 is 2.47 bits per heavy atom. The summed E-state index contributed by atoms with van der Waals surface area (Å²) in [6.45, 7) is 8.21. The van der Waals surface area contributed by atoms with Crippen LogP contribution in [0.4, 0.5) is 0 Å². The first-order valence-electron chi connectivity index (χ1n) is 5.49. The normalized spacial score (nSPS) is 11.1. The third-order valence-corrected chi connectivity index (χ3v) is 3.17. The second-order valence-corrected chi connectivity index (χ2v) is 4.71. The van der Waals surface area contributed by atoms with Crippen molar-refractivity contribution in [2.24, 2.45) is 0 Å². The lowest BCUT2D eigenvalue weighted by atomic mass is 9.94. The first-order valence-corrected chi connectivity index (χ1v) is 5.87. The van der Waals surface area contributed by atoms with Gasteiger partial charge in [-0.15, -0.1) is 0 Å². The van der Waals surface area contributed by atoms with Gasteiger partial charge in [-0.2, -0.15) is 0 Å². The van der Waals surface area contributed by atoms with E-state index in [2.05, 4.69) is 20.8 Å². The number of benzene rings is 1. The minimum absolute atomic E-state index is 0.304. The van der Waals surface area contributed by atoms with Gasteiger partial charge < -0.3 is 5.11 Å². The SMILES string of the molecule is CCCc1c(C)c(Cl)cc(C(C)C)c1O. The molecule has 0 aliphatic rings. The van der Waals surface area contributed by atoms with Crippen molar-refractivity contribution in [3.63, 3.8) is 0 Å². The van der Waals surface area contributed by atoms with Gasteiger partial charge in [-0.3, -0.25) is 0 Å². The van der Waals surface area contributed by atoms with Gasteiger partial charge in [0.15, 0.2) is 0 Å². The Morgan fingerprint density at radius 2 is 2.00 bits per heavy atom. The molecule has 1 aromatic carbocycles. The van der Waals surface area contributed by atoms with Crippen LogP contribution in [0.25, 0.3) is 0 Å². The van der Waals surface area contributed by atoms with Crippen LogP contribution in [-0.4, -0.2) is 5.11 Å². The van der Waals surface area contributed by atoms with E-state index >= 15 is 0 Å². The highest BCUT2D eigenvalue weighted by Gasteiger charge is 2.15. The maximum atomic E-state index is 10.1. The Morgan fingerprint density at radius 1 is 1.40 bits per heavy atom. The van der Waals surface area contributed by atoms with Crippen molar-refractivity contribution < 1.29 is 5.11 Å². The predicted molar refractivity (Wildman–Crippen MR) is 65.9 cm³/mol. The fourth-order valence-corrected chi connectivity index (χ4v) is 2.04. The minimum atomic E-state index is 0.304. The maximum absolute atomic E-state index is 10.1. The Labute approximate surface area is 97.1 Å². The van der Waals surface area contributed by atoms with Gasteiger partial charge in [-0.05, 0) is 42.0 Å². The second-order valence-electron chi connectivity index (χ2n) is 4.30. The third-order valence-electron chi connectivity index (χ3n) is 2.77. The van der Waals surface area contributed by atoms with Crippen molar-refractivity contribution in [3.8, 4) is 5.75 Å². The van der Waals surface area contributed by atoms with Gasteiger partial charge in [0.2, 0.25) is 0 Å². The number of hydrogen-bond acceptors (Lipinski definition) is 1. The minimum Gasteiger partial charge on any atom is -0.507 e. The van der Waals surface area contributed by atoms with Crippen LogP contribution in [0.3, 0.4) is 0 Å². The fraction of sp³-hybridized carbons (Fsp3) is 0.538. The van der Waals surface area contributed by atoms with Crippen LogP contribution in [0.15, 0.2) is 6.07 Å². The number of rotatable bonds is 3. The molecule has 0 amide bonds. The van der Waals surface area contributed by atoms with E-state index in [9.17, 15) is 5.11 Å². The van der Waals surface area contributed by atoms with Crippen LogP contribution in [0.2, 0.25) is 5.02 Å². The second kappa shape index (κ2) is 4.89. The van der Waals surface area contributed by atoms with E-state index in [0.717, 1.165) is 34.6 Å². The molecule has 0 heterocycles. The molecule has 1 nitrogen and oxygen atoms in total. The van der Waals surface area contributed by atoms with Crippen LogP contribution in [0, 0.1) is 6.92 Å². The maximum Gasteiger partial charge on any atom is 0.122 e. The zero-order valence-electron chi connectivity index (χ0n) is 9.89. The zero-order chi connectivity index (χ0) is 11.6. The molecule has 84 valence electrons. The molecule has 0 atom stereocenters. The molecule has 15 heavy (non-hydrogen) atoms.